The number of aromatic nitrogens is 4. The fourth-order valence-corrected chi connectivity index (χ4v) is 2.92. The molecule has 0 atom stereocenters. The second-order valence-corrected chi connectivity index (χ2v) is 6.16. The molecule has 1 N–H and O–H groups in total. The van der Waals surface area contributed by atoms with Crippen LogP contribution >= 0.6 is 0 Å². The Morgan fingerprint density at radius 3 is 2.67 bits per heavy atom. The van der Waals surface area contributed by atoms with E-state index in [1.807, 2.05) is 25.1 Å². The van der Waals surface area contributed by atoms with E-state index in [4.69, 9.17) is 0 Å². The minimum absolute atomic E-state index is 0.277. The first-order valence-corrected chi connectivity index (χ1v) is 8.35. The maximum atomic E-state index is 13.3. The minimum Gasteiger partial charge on any atom is -0.305 e. The monoisotopic (exact) mass is 361 g/mol. The lowest BCUT2D eigenvalue weighted by Crippen LogP contribution is -2.17. The van der Waals surface area contributed by atoms with E-state index in [2.05, 4.69) is 20.4 Å². The van der Waals surface area contributed by atoms with Gasteiger partial charge in [0, 0.05) is 29.9 Å². The van der Waals surface area contributed by atoms with Gasteiger partial charge in [-0.05, 0) is 49.4 Å². The van der Waals surface area contributed by atoms with Crippen LogP contribution < -0.4 is 5.32 Å². The van der Waals surface area contributed by atoms with Gasteiger partial charge in [0.1, 0.15) is 17.3 Å². The molecule has 0 aliphatic carbocycles. The Labute approximate surface area is 154 Å². The SMILES string of the molecule is Cc1nc(NC(=O)c2ccnn2C)ccc1-c1ccc2cc(F)ccc2n1. The van der Waals surface area contributed by atoms with Gasteiger partial charge in [-0.1, -0.05) is 6.07 Å². The van der Waals surface area contributed by atoms with Gasteiger partial charge in [0.15, 0.2) is 0 Å². The van der Waals surface area contributed by atoms with Gasteiger partial charge in [0.25, 0.3) is 5.91 Å². The zero-order valence-corrected chi connectivity index (χ0v) is 14.8. The highest BCUT2D eigenvalue weighted by molar-refractivity contribution is 6.02. The van der Waals surface area contributed by atoms with Crippen molar-refractivity contribution in [3.05, 3.63) is 71.9 Å². The quantitative estimate of drug-likeness (QED) is 0.603. The number of anilines is 1. The van der Waals surface area contributed by atoms with Crippen molar-refractivity contribution in [2.24, 2.45) is 7.05 Å². The Kier molecular flexibility index (Phi) is 4.12. The predicted octanol–water partition coefficient (Wildman–Crippen LogP) is 3.73. The van der Waals surface area contributed by atoms with Gasteiger partial charge in [-0.2, -0.15) is 5.10 Å². The zero-order valence-electron chi connectivity index (χ0n) is 14.8. The van der Waals surface area contributed by atoms with Crippen molar-refractivity contribution >= 4 is 22.6 Å². The lowest BCUT2D eigenvalue weighted by atomic mass is 10.1. The van der Waals surface area contributed by atoms with Crippen LogP contribution in [0.5, 0.6) is 0 Å². The summed E-state index contributed by atoms with van der Waals surface area (Å²) in [4.78, 5) is 21.3. The molecule has 4 aromatic rings. The number of rotatable bonds is 3. The Morgan fingerprint density at radius 1 is 1.07 bits per heavy atom. The van der Waals surface area contributed by atoms with Crippen LogP contribution in [0.3, 0.4) is 0 Å². The van der Waals surface area contributed by atoms with Crippen LogP contribution in [-0.4, -0.2) is 25.7 Å². The lowest BCUT2D eigenvalue weighted by molar-refractivity contribution is 0.101. The molecule has 0 saturated heterocycles. The first kappa shape index (κ1) is 16.8. The van der Waals surface area contributed by atoms with E-state index in [9.17, 15) is 9.18 Å². The summed E-state index contributed by atoms with van der Waals surface area (Å²) in [6.07, 6.45) is 1.56. The average molecular weight is 361 g/mol. The van der Waals surface area contributed by atoms with Crippen molar-refractivity contribution in [3.8, 4) is 11.3 Å². The molecule has 6 nitrogen and oxygen atoms in total. The predicted molar refractivity (Wildman–Crippen MR) is 101 cm³/mol. The average Bonchev–Trinajstić information content (AvgIpc) is 3.07. The first-order chi connectivity index (χ1) is 13.0. The molecular weight excluding hydrogens is 345 g/mol. The topological polar surface area (TPSA) is 72.7 Å². The number of nitrogens with zero attached hydrogens (tertiary/aromatic N) is 4. The van der Waals surface area contributed by atoms with Crippen molar-refractivity contribution in [1.29, 1.82) is 0 Å². The first-order valence-electron chi connectivity index (χ1n) is 8.35. The van der Waals surface area contributed by atoms with Crippen molar-refractivity contribution in [3.63, 3.8) is 0 Å². The summed E-state index contributed by atoms with van der Waals surface area (Å²) in [7, 11) is 1.70. The Bertz CT molecular complexity index is 1170. The number of hydrogen-bond donors (Lipinski definition) is 1. The third-order valence-corrected chi connectivity index (χ3v) is 4.31. The van der Waals surface area contributed by atoms with E-state index >= 15 is 0 Å². The van der Waals surface area contributed by atoms with Crippen molar-refractivity contribution < 1.29 is 9.18 Å². The molecule has 0 bridgehead atoms. The van der Waals surface area contributed by atoms with Gasteiger partial charge in [0.2, 0.25) is 0 Å². The number of carbonyl (C=O) groups excluding carboxylic acids is 1. The number of aryl methyl sites for hydroxylation is 2. The molecule has 7 heteroatoms. The highest BCUT2D eigenvalue weighted by atomic mass is 19.1. The molecular formula is C20H16FN5O. The molecule has 27 heavy (non-hydrogen) atoms. The number of benzene rings is 1. The molecule has 3 aromatic heterocycles. The summed E-state index contributed by atoms with van der Waals surface area (Å²) in [6.45, 7) is 1.85. The molecule has 0 fully saturated rings. The van der Waals surface area contributed by atoms with Gasteiger partial charge in [0.05, 0.1) is 11.2 Å². The third-order valence-electron chi connectivity index (χ3n) is 4.31. The standard InChI is InChI=1S/C20H16FN5O/c1-12-15(17-6-3-13-11-14(21)4-7-16(13)24-17)5-8-19(23-12)25-20(27)18-9-10-22-26(18)2/h3-11H,1-2H3,(H,23,25,27). The number of halogens is 1. The highest BCUT2D eigenvalue weighted by Gasteiger charge is 2.12. The number of amides is 1. The molecule has 0 aliphatic heterocycles. The van der Waals surface area contributed by atoms with Gasteiger partial charge in [-0.15, -0.1) is 0 Å². The Morgan fingerprint density at radius 2 is 1.93 bits per heavy atom. The molecule has 0 radical (unpaired) electrons. The summed E-state index contributed by atoms with van der Waals surface area (Å²) in [5, 5.41) is 7.49. The van der Waals surface area contributed by atoms with Gasteiger partial charge >= 0.3 is 0 Å². The van der Waals surface area contributed by atoms with Crippen LogP contribution in [0, 0.1) is 12.7 Å². The summed E-state index contributed by atoms with van der Waals surface area (Å²) in [5.74, 6) is -0.116. The van der Waals surface area contributed by atoms with Crippen LogP contribution in [0.2, 0.25) is 0 Å². The van der Waals surface area contributed by atoms with E-state index < -0.39 is 0 Å². The second-order valence-electron chi connectivity index (χ2n) is 6.16. The van der Waals surface area contributed by atoms with E-state index in [-0.39, 0.29) is 11.7 Å². The normalized spacial score (nSPS) is 10.9. The highest BCUT2D eigenvalue weighted by Crippen LogP contribution is 2.25. The molecule has 1 aromatic carbocycles. The van der Waals surface area contributed by atoms with Crippen LogP contribution in [0.25, 0.3) is 22.2 Å². The van der Waals surface area contributed by atoms with E-state index in [1.165, 1.54) is 16.8 Å². The van der Waals surface area contributed by atoms with Crippen LogP contribution in [0.1, 0.15) is 16.2 Å². The zero-order chi connectivity index (χ0) is 19.0. The Balaban J connectivity index is 1.63. The molecule has 0 spiro atoms. The van der Waals surface area contributed by atoms with Gasteiger partial charge < -0.3 is 5.32 Å². The molecule has 134 valence electrons. The van der Waals surface area contributed by atoms with Crippen molar-refractivity contribution in [1.82, 2.24) is 19.7 Å². The minimum atomic E-state index is -0.289. The fraction of sp³-hybridized carbons (Fsp3) is 0.100. The number of nitrogens with one attached hydrogen (secondary N) is 1. The summed E-state index contributed by atoms with van der Waals surface area (Å²) in [5.41, 5.74) is 3.47. The largest absolute Gasteiger partial charge is 0.305 e. The molecule has 1 amide bonds. The van der Waals surface area contributed by atoms with Crippen molar-refractivity contribution in [2.45, 2.75) is 6.92 Å². The van der Waals surface area contributed by atoms with E-state index in [0.29, 0.717) is 17.0 Å². The lowest BCUT2D eigenvalue weighted by Gasteiger charge is -2.09. The smallest absolute Gasteiger partial charge is 0.275 e. The second kappa shape index (κ2) is 6.60. The van der Waals surface area contributed by atoms with Crippen LogP contribution in [0.4, 0.5) is 10.2 Å². The number of hydrogen-bond acceptors (Lipinski definition) is 4. The van der Waals surface area contributed by atoms with Crippen molar-refractivity contribution in [2.75, 3.05) is 5.32 Å². The third kappa shape index (κ3) is 3.27. The number of pyridine rings is 2. The molecule has 0 saturated carbocycles. The van der Waals surface area contributed by atoms with Crippen LogP contribution in [0.15, 0.2) is 54.7 Å². The summed E-state index contributed by atoms with van der Waals surface area (Å²) in [6, 6.07) is 13.4. The molecule has 0 unspecified atom stereocenters. The van der Waals surface area contributed by atoms with E-state index in [0.717, 1.165) is 22.3 Å². The Hall–Kier alpha value is -3.61. The molecule has 4 rings (SSSR count). The van der Waals surface area contributed by atoms with Crippen LogP contribution in [-0.2, 0) is 7.05 Å². The maximum Gasteiger partial charge on any atom is 0.275 e. The molecule has 0 aliphatic rings. The van der Waals surface area contributed by atoms with E-state index in [1.54, 1.807) is 31.4 Å². The summed E-state index contributed by atoms with van der Waals surface area (Å²) >= 11 is 0. The number of fused-ring (bicyclic) bond motifs is 1. The molecule has 3 heterocycles. The summed E-state index contributed by atoms with van der Waals surface area (Å²) < 4.78 is 14.8. The fourth-order valence-electron chi connectivity index (χ4n) is 2.92. The van der Waals surface area contributed by atoms with Gasteiger partial charge in [-0.25, -0.2) is 14.4 Å². The number of carbonyl (C=O) groups is 1. The maximum absolute atomic E-state index is 13.3. The van der Waals surface area contributed by atoms with Gasteiger partial charge in [-0.3, -0.25) is 9.48 Å².